The summed E-state index contributed by atoms with van der Waals surface area (Å²) in [7, 11) is 0. The van der Waals surface area contributed by atoms with Gasteiger partial charge in [-0.15, -0.1) is 0 Å². The molecule has 0 spiro atoms. The van der Waals surface area contributed by atoms with Gasteiger partial charge in [0.05, 0.1) is 0 Å². The van der Waals surface area contributed by atoms with Crippen LogP contribution in [-0.4, -0.2) is 29.8 Å². The molecule has 1 aliphatic rings. The quantitative estimate of drug-likeness (QED) is 0.324. The summed E-state index contributed by atoms with van der Waals surface area (Å²) in [5.41, 5.74) is 2.13. The highest BCUT2D eigenvalue weighted by atomic mass is 16.2. The number of nitrogens with two attached hydrogens (primary N) is 1. The standard InChI is InChI=1S/C15H29N3O2/c1-12(2)13-7-8-15(20)18(11-9-13)10-5-3-4-6-14(19)17-16/h12-13H,3-11,16H2,1-2H3,(H,17,19). The van der Waals surface area contributed by atoms with Gasteiger partial charge < -0.3 is 4.90 Å². The molecule has 1 heterocycles. The number of carbonyl (C=O) groups excluding carboxylic acids is 2. The number of carbonyl (C=O) groups is 2. The SMILES string of the molecule is CC(C)C1CCC(=O)N(CCCCCC(=O)NN)CC1. The van der Waals surface area contributed by atoms with E-state index in [2.05, 4.69) is 19.3 Å². The molecule has 116 valence electrons. The zero-order valence-corrected chi connectivity index (χ0v) is 12.9. The van der Waals surface area contributed by atoms with Gasteiger partial charge in [0.25, 0.3) is 0 Å². The number of amides is 2. The van der Waals surface area contributed by atoms with Crippen molar-refractivity contribution >= 4 is 11.8 Å². The molecule has 2 amide bonds. The molecular weight excluding hydrogens is 254 g/mol. The van der Waals surface area contributed by atoms with Gasteiger partial charge in [0.2, 0.25) is 11.8 Å². The van der Waals surface area contributed by atoms with E-state index in [-0.39, 0.29) is 5.91 Å². The number of hydrogen-bond acceptors (Lipinski definition) is 3. The molecule has 0 bridgehead atoms. The Kier molecular flexibility index (Phi) is 7.59. The number of nitrogens with one attached hydrogen (secondary N) is 1. The van der Waals surface area contributed by atoms with Gasteiger partial charge in [0.1, 0.15) is 0 Å². The fraction of sp³-hybridized carbons (Fsp3) is 0.867. The molecule has 1 unspecified atom stereocenters. The molecule has 5 heteroatoms. The van der Waals surface area contributed by atoms with E-state index >= 15 is 0 Å². The number of likely N-dealkylation sites (tertiary alicyclic amines) is 1. The van der Waals surface area contributed by atoms with Crippen molar-refractivity contribution in [3.8, 4) is 0 Å². The maximum atomic E-state index is 12.0. The summed E-state index contributed by atoms with van der Waals surface area (Å²) >= 11 is 0. The van der Waals surface area contributed by atoms with Crippen LogP contribution < -0.4 is 11.3 Å². The van der Waals surface area contributed by atoms with Crippen LogP contribution in [0.4, 0.5) is 0 Å². The molecule has 0 radical (unpaired) electrons. The minimum absolute atomic E-state index is 0.115. The van der Waals surface area contributed by atoms with Crippen LogP contribution in [0.3, 0.4) is 0 Å². The topological polar surface area (TPSA) is 75.4 Å². The minimum Gasteiger partial charge on any atom is -0.343 e. The average Bonchev–Trinajstić information content (AvgIpc) is 2.60. The van der Waals surface area contributed by atoms with Crippen molar-refractivity contribution in [2.45, 2.75) is 58.8 Å². The van der Waals surface area contributed by atoms with Gasteiger partial charge in [0.15, 0.2) is 0 Å². The normalized spacial score (nSPS) is 20.1. The van der Waals surface area contributed by atoms with E-state index in [1.54, 1.807) is 0 Å². The maximum Gasteiger partial charge on any atom is 0.233 e. The first-order valence-corrected chi connectivity index (χ1v) is 7.81. The molecule has 1 rings (SSSR count). The lowest BCUT2D eigenvalue weighted by Crippen LogP contribution is -2.31. The van der Waals surface area contributed by atoms with Crippen LogP contribution >= 0.6 is 0 Å². The van der Waals surface area contributed by atoms with Crippen LogP contribution in [0, 0.1) is 11.8 Å². The predicted molar refractivity (Wildman–Crippen MR) is 79.6 cm³/mol. The second-order valence-electron chi connectivity index (χ2n) is 6.09. The molecule has 0 aromatic rings. The maximum absolute atomic E-state index is 12.0. The van der Waals surface area contributed by atoms with Crippen molar-refractivity contribution < 1.29 is 9.59 Å². The minimum atomic E-state index is -0.115. The second-order valence-corrected chi connectivity index (χ2v) is 6.09. The van der Waals surface area contributed by atoms with Crippen LogP contribution in [0.25, 0.3) is 0 Å². The third kappa shape index (κ3) is 5.90. The highest BCUT2D eigenvalue weighted by Gasteiger charge is 2.23. The largest absolute Gasteiger partial charge is 0.343 e. The first-order valence-electron chi connectivity index (χ1n) is 7.81. The van der Waals surface area contributed by atoms with Crippen molar-refractivity contribution in [3.05, 3.63) is 0 Å². The van der Waals surface area contributed by atoms with Crippen molar-refractivity contribution in [1.82, 2.24) is 10.3 Å². The van der Waals surface area contributed by atoms with Gasteiger partial charge in [-0.2, -0.15) is 0 Å². The lowest BCUT2D eigenvalue weighted by atomic mass is 9.89. The molecule has 1 aliphatic heterocycles. The van der Waals surface area contributed by atoms with Crippen LogP contribution in [0.1, 0.15) is 58.8 Å². The van der Waals surface area contributed by atoms with Gasteiger partial charge in [-0.1, -0.05) is 20.3 Å². The Morgan fingerprint density at radius 1 is 1.35 bits per heavy atom. The summed E-state index contributed by atoms with van der Waals surface area (Å²) in [6.45, 7) is 6.21. The van der Waals surface area contributed by atoms with Crippen LogP contribution in [0.5, 0.6) is 0 Å². The van der Waals surface area contributed by atoms with E-state index in [9.17, 15) is 9.59 Å². The molecule has 0 aliphatic carbocycles. The Balaban J connectivity index is 2.22. The number of rotatable bonds is 7. The summed E-state index contributed by atoms with van der Waals surface area (Å²) in [6, 6.07) is 0. The van der Waals surface area contributed by atoms with Crippen LogP contribution in [0.15, 0.2) is 0 Å². The van der Waals surface area contributed by atoms with E-state index in [0.29, 0.717) is 30.6 Å². The van der Waals surface area contributed by atoms with E-state index in [0.717, 1.165) is 45.2 Å². The fourth-order valence-corrected chi connectivity index (χ4v) is 2.80. The summed E-state index contributed by atoms with van der Waals surface area (Å²) in [5.74, 6) is 6.55. The molecule has 0 aromatic heterocycles. The van der Waals surface area contributed by atoms with Crippen molar-refractivity contribution in [2.75, 3.05) is 13.1 Å². The van der Waals surface area contributed by atoms with Crippen molar-refractivity contribution in [1.29, 1.82) is 0 Å². The highest BCUT2D eigenvalue weighted by molar-refractivity contribution is 5.76. The smallest absolute Gasteiger partial charge is 0.233 e. The molecule has 20 heavy (non-hydrogen) atoms. The number of hydrazine groups is 1. The Labute approximate surface area is 122 Å². The van der Waals surface area contributed by atoms with Crippen LogP contribution in [-0.2, 0) is 9.59 Å². The molecule has 3 N–H and O–H groups in total. The van der Waals surface area contributed by atoms with Crippen LogP contribution in [0.2, 0.25) is 0 Å². The summed E-state index contributed by atoms with van der Waals surface area (Å²) in [4.78, 5) is 25.0. The zero-order chi connectivity index (χ0) is 15.0. The third-order valence-electron chi connectivity index (χ3n) is 4.29. The summed E-state index contributed by atoms with van der Waals surface area (Å²) in [5, 5.41) is 0. The first-order chi connectivity index (χ1) is 9.54. The highest BCUT2D eigenvalue weighted by Crippen LogP contribution is 2.25. The molecule has 5 nitrogen and oxygen atoms in total. The lowest BCUT2D eigenvalue weighted by Gasteiger charge is -2.21. The molecule has 1 atom stereocenters. The molecular formula is C15H29N3O2. The predicted octanol–water partition coefficient (Wildman–Crippen LogP) is 1.82. The Morgan fingerprint density at radius 3 is 2.75 bits per heavy atom. The molecule has 0 saturated carbocycles. The average molecular weight is 283 g/mol. The monoisotopic (exact) mass is 283 g/mol. The van der Waals surface area contributed by atoms with Gasteiger partial charge in [0, 0.05) is 25.9 Å². The van der Waals surface area contributed by atoms with Gasteiger partial charge in [-0.3, -0.25) is 15.0 Å². The first kappa shape index (κ1) is 17.0. The Hall–Kier alpha value is -1.10. The summed E-state index contributed by atoms with van der Waals surface area (Å²) < 4.78 is 0. The van der Waals surface area contributed by atoms with Crippen molar-refractivity contribution in [3.63, 3.8) is 0 Å². The van der Waals surface area contributed by atoms with E-state index in [1.807, 2.05) is 4.90 Å². The van der Waals surface area contributed by atoms with E-state index in [1.165, 1.54) is 0 Å². The molecule has 1 fully saturated rings. The Bertz CT molecular complexity index is 318. The van der Waals surface area contributed by atoms with Gasteiger partial charge in [-0.25, -0.2) is 5.84 Å². The third-order valence-corrected chi connectivity index (χ3v) is 4.29. The molecule has 0 aromatic carbocycles. The van der Waals surface area contributed by atoms with E-state index in [4.69, 9.17) is 5.84 Å². The summed E-state index contributed by atoms with van der Waals surface area (Å²) in [6.07, 6.45) is 6.08. The zero-order valence-electron chi connectivity index (χ0n) is 12.9. The van der Waals surface area contributed by atoms with Gasteiger partial charge in [-0.05, 0) is 37.5 Å². The number of hydrogen-bond donors (Lipinski definition) is 2. The Morgan fingerprint density at radius 2 is 2.10 bits per heavy atom. The second kappa shape index (κ2) is 8.95. The van der Waals surface area contributed by atoms with Gasteiger partial charge >= 0.3 is 0 Å². The number of unbranched alkanes of at least 4 members (excludes halogenated alkanes) is 2. The lowest BCUT2D eigenvalue weighted by molar-refractivity contribution is -0.130. The number of nitrogens with zero attached hydrogens (tertiary/aromatic N) is 1. The fourth-order valence-electron chi connectivity index (χ4n) is 2.80. The van der Waals surface area contributed by atoms with E-state index < -0.39 is 0 Å². The van der Waals surface area contributed by atoms with Crippen molar-refractivity contribution in [2.24, 2.45) is 17.7 Å². The molecule has 1 saturated heterocycles.